The van der Waals surface area contributed by atoms with Crippen LogP contribution in [0, 0.1) is 0 Å². The van der Waals surface area contributed by atoms with Crippen LogP contribution in [0.2, 0.25) is 0 Å². The van der Waals surface area contributed by atoms with Gasteiger partial charge in [-0.2, -0.15) is 13.2 Å². The van der Waals surface area contributed by atoms with Crippen molar-refractivity contribution < 1.29 is 13.2 Å². The predicted molar refractivity (Wildman–Crippen MR) is 74.4 cm³/mol. The molecule has 6 nitrogen and oxygen atoms in total. The lowest BCUT2D eigenvalue weighted by Crippen LogP contribution is -2.40. The smallest absolute Gasteiger partial charge is 0.383 e. The molecule has 0 aliphatic carbocycles. The molecule has 1 rings (SSSR count). The van der Waals surface area contributed by atoms with Crippen molar-refractivity contribution in [2.45, 2.75) is 38.9 Å². The van der Waals surface area contributed by atoms with E-state index in [2.05, 4.69) is 5.32 Å². The van der Waals surface area contributed by atoms with Gasteiger partial charge >= 0.3 is 11.9 Å². The average Bonchev–Trinajstić information content (AvgIpc) is 2.39. The number of nitrogens with two attached hydrogens (primary N) is 1. The number of nitrogens with one attached hydrogen (secondary N) is 1. The highest BCUT2D eigenvalue weighted by molar-refractivity contribution is 5.60. The van der Waals surface area contributed by atoms with Crippen LogP contribution in [0.25, 0.3) is 0 Å². The largest absolute Gasteiger partial charge is 0.389 e. The van der Waals surface area contributed by atoms with Gasteiger partial charge in [0.15, 0.2) is 0 Å². The maximum absolute atomic E-state index is 12.1. The summed E-state index contributed by atoms with van der Waals surface area (Å²) >= 11 is 0. The zero-order chi connectivity index (χ0) is 16.2. The van der Waals surface area contributed by atoms with Crippen LogP contribution in [-0.2, 0) is 13.6 Å². The van der Waals surface area contributed by atoms with E-state index in [4.69, 9.17) is 5.73 Å². The summed E-state index contributed by atoms with van der Waals surface area (Å²) < 4.78 is 38.3. The van der Waals surface area contributed by atoms with Gasteiger partial charge in [0.25, 0.3) is 5.56 Å². The van der Waals surface area contributed by atoms with Gasteiger partial charge in [-0.25, -0.2) is 4.79 Å². The summed E-state index contributed by atoms with van der Waals surface area (Å²) in [6.07, 6.45) is -4.73. The molecule has 21 heavy (non-hydrogen) atoms. The van der Waals surface area contributed by atoms with Crippen LogP contribution in [-0.4, -0.2) is 21.9 Å². The summed E-state index contributed by atoms with van der Waals surface area (Å²) in [7, 11) is 1.30. The number of rotatable bonds is 6. The van der Waals surface area contributed by atoms with Gasteiger partial charge in [0, 0.05) is 26.6 Å². The second-order valence-corrected chi connectivity index (χ2v) is 4.70. The van der Waals surface area contributed by atoms with E-state index >= 15 is 0 Å². The quantitative estimate of drug-likeness (QED) is 0.776. The van der Waals surface area contributed by atoms with Crippen LogP contribution in [0.4, 0.5) is 24.7 Å². The number of hydrogen-bond donors (Lipinski definition) is 2. The number of nitrogen functional groups attached to an aromatic ring is 1. The Morgan fingerprint density at radius 2 is 1.90 bits per heavy atom. The van der Waals surface area contributed by atoms with Crippen LogP contribution in [0.5, 0.6) is 0 Å². The highest BCUT2D eigenvalue weighted by Crippen LogP contribution is 2.21. The van der Waals surface area contributed by atoms with Gasteiger partial charge in [-0.3, -0.25) is 13.9 Å². The third-order valence-electron chi connectivity index (χ3n) is 2.97. The molecule has 120 valence electrons. The third kappa shape index (κ3) is 4.27. The minimum absolute atomic E-state index is 0.0345. The highest BCUT2D eigenvalue weighted by atomic mass is 19.4. The minimum Gasteiger partial charge on any atom is -0.383 e. The molecule has 0 amide bonds. The van der Waals surface area contributed by atoms with Crippen molar-refractivity contribution >= 4 is 11.5 Å². The number of hydrogen-bond acceptors (Lipinski definition) is 4. The van der Waals surface area contributed by atoms with Gasteiger partial charge in [-0.05, 0) is 12.8 Å². The molecule has 1 heterocycles. The van der Waals surface area contributed by atoms with Crippen LogP contribution in [0.15, 0.2) is 9.59 Å². The van der Waals surface area contributed by atoms with E-state index in [-0.39, 0.29) is 24.5 Å². The van der Waals surface area contributed by atoms with Crippen LogP contribution in [0.3, 0.4) is 0 Å². The number of alkyl halides is 3. The van der Waals surface area contributed by atoms with Gasteiger partial charge in [0.05, 0.1) is 0 Å². The number of aromatic nitrogens is 2. The molecular weight excluding hydrogens is 289 g/mol. The summed E-state index contributed by atoms with van der Waals surface area (Å²) in [6.45, 7) is 2.12. The average molecular weight is 308 g/mol. The van der Waals surface area contributed by atoms with Gasteiger partial charge in [0.1, 0.15) is 11.5 Å². The van der Waals surface area contributed by atoms with Crippen LogP contribution >= 0.6 is 0 Å². The normalized spacial score (nSPS) is 11.7. The summed E-state index contributed by atoms with van der Waals surface area (Å²) in [5.41, 5.74) is 4.56. The first-order valence-electron chi connectivity index (χ1n) is 6.59. The summed E-state index contributed by atoms with van der Waals surface area (Å²) in [5, 5.41) is 2.60. The minimum atomic E-state index is -4.24. The van der Waals surface area contributed by atoms with Crippen molar-refractivity contribution in [1.82, 2.24) is 9.13 Å². The molecule has 0 aliphatic heterocycles. The van der Waals surface area contributed by atoms with E-state index in [0.717, 1.165) is 4.57 Å². The zero-order valence-electron chi connectivity index (χ0n) is 12.0. The van der Waals surface area contributed by atoms with Crippen molar-refractivity contribution in [1.29, 1.82) is 0 Å². The molecule has 0 aromatic carbocycles. The maximum Gasteiger partial charge on any atom is 0.389 e. The predicted octanol–water partition coefficient (Wildman–Crippen LogP) is 1.29. The SMILES string of the molecule is CCCn1c(N)c(NCCCC(F)(F)F)c(=O)n(C)c1=O. The van der Waals surface area contributed by atoms with Gasteiger partial charge in [0.2, 0.25) is 0 Å². The van der Waals surface area contributed by atoms with E-state index < -0.39 is 23.8 Å². The van der Waals surface area contributed by atoms with Gasteiger partial charge in [-0.1, -0.05) is 6.92 Å². The fraction of sp³-hybridized carbons (Fsp3) is 0.667. The molecule has 9 heteroatoms. The fourth-order valence-corrected chi connectivity index (χ4v) is 1.89. The molecule has 0 saturated carbocycles. The van der Waals surface area contributed by atoms with E-state index in [1.165, 1.54) is 11.6 Å². The lowest BCUT2D eigenvalue weighted by atomic mass is 10.3. The molecule has 0 unspecified atom stereocenters. The molecule has 0 radical (unpaired) electrons. The van der Waals surface area contributed by atoms with E-state index in [0.29, 0.717) is 13.0 Å². The fourth-order valence-electron chi connectivity index (χ4n) is 1.89. The van der Waals surface area contributed by atoms with Crippen molar-refractivity contribution in [2.24, 2.45) is 7.05 Å². The molecule has 0 atom stereocenters. The topological polar surface area (TPSA) is 82.0 Å². The Kier molecular flexibility index (Phi) is 5.45. The van der Waals surface area contributed by atoms with Crippen LogP contribution in [0.1, 0.15) is 26.2 Å². The number of anilines is 2. The standard InChI is InChI=1S/C12H19F3N4O2/c1-3-7-19-9(16)8(10(20)18(2)11(19)21)17-6-4-5-12(13,14)15/h17H,3-7,16H2,1-2H3. The lowest BCUT2D eigenvalue weighted by molar-refractivity contribution is -0.134. The van der Waals surface area contributed by atoms with Crippen molar-refractivity contribution in [3.8, 4) is 0 Å². The Labute approximate surface area is 119 Å². The first-order valence-corrected chi connectivity index (χ1v) is 6.59. The highest BCUT2D eigenvalue weighted by Gasteiger charge is 2.26. The van der Waals surface area contributed by atoms with Crippen LogP contribution < -0.4 is 22.3 Å². The monoisotopic (exact) mass is 308 g/mol. The molecular formula is C12H19F3N4O2. The molecule has 0 spiro atoms. The van der Waals surface area contributed by atoms with E-state index in [9.17, 15) is 22.8 Å². The van der Waals surface area contributed by atoms with E-state index in [1.807, 2.05) is 6.92 Å². The summed E-state index contributed by atoms with van der Waals surface area (Å²) in [5.74, 6) is -0.0445. The molecule has 0 fully saturated rings. The Hall–Kier alpha value is -1.93. The molecule has 1 aromatic rings. The summed E-state index contributed by atoms with van der Waals surface area (Å²) in [4.78, 5) is 23.8. The third-order valence-corrected chi connectivity index (χ3v) is 2.97. The number of halogens is 3. The first-order chi connectivity index (χ1) is 9.69. The number of nitrogens with zero attached hydrogens (tertiary/aromatic N) is 2. The first kappa shape index (κ1) is 17.1. The van der Waals surface area contributed by atoms with Crippen molar-refractivity contribution in [2.75, 3.05) is 17.6 Å². The molecule has 1 aromatic heterocycles. The molecule has 0 bridgehead atoms. The van der Waals surface area contributed by atoms with Crippen molar-refractivity contribution in [3.63, 3.8) is 0 Å². The Balaban J connectivity index is 2.97. The maximum atomic E-state index is 12.1. The second-order valence-electron chi connectivity index (χ2n) is 4.70. The Morgan fingerprint density at radius 3 is 2.43 bits per heavy atom. The molecule has 0 saturated heterocycles. The Morgan fingerprint density at radius 1 is 1.29 bits per heavy atom. The second kappa shape index (κ2) is 6.68. The molecule has 3 N–H and O–H groups in total. The summed E-state index contributed by atoms with van der Waals surface area (Å²) in [6, 6.07) is 0. The zero-order valence-corrected chi connectivity index (χ0v) is 12.0. The molecule has 0 aliphatic rings. The van der Waals surface area contributed by atoms with Crippen molar-refractivity contribution in [3.05, 3.63) is 20.8 Å². The van der Waals surface area contributed by atoms with Gasteiger partial charge < -0.3 is 11.1 Å². The lowest BCUT2D eigenvalue weighted by Gasteiger charge is -2.15. The van der Waals surface area contributed by atoms with Gasteiger partial charge in [-0.15, -0.1) is 0 Å². The van der Waals surface area contributed by atoms with E-state index in [1.54, 1.807) is 0 Å². The Bertz CT molecular complexity index is 604.